The Labute approximate surface area is 183 Å². The molecular weight excluding hydrogens is 423 g/mol. The molecule has 32 heavy (non-hydrogen) atoms. The van der Waals surface area contributed by atoms with Crippen molar-refractivity contribution in [3.05, 3.63) is 65.7 Å². The summed E-state index contributed by atoms with van der Waals surface area (Å²) in [6.07, 6.45) is -3.21. The molecule has 2 aromatic carbocycles. The number of nitrogens with one attached hydrogen (secondary N) is 2. The summed E-state index contributed by atoms with van der Waals surface area (Å²) in [5, 5.41) is 5.48. The summed E-state index contributed by atoms with van der Waals surface area (Å²) in [7, 11) is 0. The lowest BCUT2D eigenvalue weighted by Gasteiger charge is -2.18. The van der Waals surface area contributed by atoms with Crippen LogP contribution in [0, 0.1) is 0 Å². The molecule has 1 saturated carbocycles. The van der Waals surface area contributed by atoms with Crippen molar-refractivity contribution in [2.75, 3.05) is 18.5 Å². The summed E-state index contributed by atoms with van der Waals surface area (Å²) in [5.74, 6) is 0.373. The quantitative estimate of drug-likeness (QED) is 0.673. The number of nitrogens with zero attached hydrogens (tertiary/aromatic N) is 1. The lowest BCUT2D eigenvalue weighted by molar-refractivity contribution is -0.176. The highest BCUT2D eigenvalue weighted by molar-refractivity contribution is 5.90. The molecule has 0 spiro atoms. The van der Waals surface area contributed by atoms with Gasteiger partial charge in [-0.15, -0.1) is 0 Å². The number of carbonyl (C=O) groups is 2. The topological polar surface area (TPSA) is 70.7 Å². The van der Waals surface area contributed by atoms with Crippen LogP contribution in [0.2, 0.25) is 0 Å². The third kappa shape index (κ3) is 5.79. The number of urea groups is 1. The van der Waals surface area contributed by atoms with Crippen LogP contribution in [0.15, 0.2) is 54.6 Å². The standard InChI is InChI=1S/C23H24F3N3O3/c24-23(25,26)14-32-13-15-5-4-8-17(9-15)27-22(31)28-18-10-21(30)29(12-18)20-11-19(20)16-6-2-1-3-7-16/h1-9,18-20H,10-14H2,(H2,27,28,31). The van der Waals surface area contributed by atoms with Crippen LogP contribution in [0.3, 0.4) is 0 Å². The maximum atomic E-state index is 12.5. The molecular formula is C23H24F3N3O3. The van der Waals surface area contributed by atoms with E-state index in [2.05, 4.69) is 27.5 Å². The highest BCUT2D eigenvalue weighted by atomic mass is 19.4. The number of carbonyl (C=O) groups excluding carboxylic acids is 2. The van der Waals surface area contributed by atoms with Gasteiger partial charge in [0, 0.05) is 30.6 Å². The average Bonchev–Trinajstić information content (AvgIpc) is 3.44. The zero-order chi connectivity index (χ0) is 22.7. The van der Waals surface area contributed by atoms with Gasteiger partial charge in [0.25, 0.3) is 0 Å². The van der Waals surface area contributed by atoms with Crippen molar-refractivity contribution in [3.63, 3.8) is 0 Å². The lowest BCUT2D eigenvalue weighted by Crippen LogP contribution is -2.40. The van der Waals surface area contributed by atoms with Crippen molar-refractivity contribution in [2.45, 2.75) is 43.6 Å². The van der Waals surface area contributed by atoms with Gasteiger partial charge in [-0.05, 0) is 29.7 Å². The van der Waals surface area contributed by atoms with Crippen molar-refractivity contribution in [3.8, 4) is 0 Å². The zero-order valence-corrected chi connectivity index (χ0v) is 17.3. The Bertz CT molecular complexity index is 968. The third-order valence-corrected chi connectivity index (χ3v) is 5.60. The average molecular weight is 447 g/mol. The lowest BCUT2D eigenvalue weighted by atomic mass is 10.1. The molecule has 1 aliphatic carbocycles. The van der Waals surface area contributed by atoms with E-state index < -0.39 is 18.8 Å². The summed E-state index contributed by atoms with van der Waals surface area (Å²) < 4.78 is 41.3. The first-order valence-corrected chi connectivity index (χ1v) is 10.4. The number of ether oxygens (including phenoxy) is 1. The zero-order valence-electron chi connectivity index (χ0n) is 17.3. The predicted molar refractivity (Wildman–Crippen MR) is 112 cm³/mol. The van der Waals surface area contributed by atoms with Crippen LogP contribution in [-0.2, 0) is 16.1 Å². The molecule has 3 unspecified atom stereocenters. The second-order valence-electron chi connectivity index (χ2n) is 8.17. The molecule has 2 fully saturated rings. The van der Waals surface area contributed by atoms with Gasteiger partial charge < -0.3 is 20.3 Å². The molecule has 0 bridgehead atoms. The smallest absolute Gasteiger partial charge is 0.367 e. The number of hydrogen-bond donors (Lipinski definition) is 2. The molecule has 3 atom stereocenters. The van der Waals surface area contributed by atoms with Gasteiger partial charge in [-0.3, -0.25) is 4.79 Å². The summed E-state index contributed by atoms with van der Waals surface area (Å²) >= 11 is 0. The first-order valence-electron chi connectivity index (χ1n) is 10.4. The van der Waals surface area contributed by atoms with Crippen LogP contribution in [0.4, 0.5) is 23.7 Å². The van der Waals surface area contributed by atoms with E-state index in [0.29, 0.717) is 23.7 Å². The predicted octanol–water partition coefficient (Wildman–Crippen LogP) is 4.04. The second kappa shape index (κ2) is 9.20. The van der Waals surface area contributed by atoms with E-state index in [1.165, 1.54) is 5.56 Å². The third-order valence-electron chi connectivity index (χ3n) is 5.60. The number of benzene rings is 2. The first kappa shape index (κ1) is 22.1. The van der Waals surface area contributed by atoms with E-state index in [9.17, 15) is 22.8 Å². The minimum Gasteiger partial charge on any atom is -0.367 e. The van der Waals surface area contributed by atoms with Crippen LogP contribution in [0.25, 0.3) is 0 Å². The Kier molecular flexibility index (Phi) is 6.36. The molecule has 0 aromatic heterocycles. The maximum Gasteiger partial charge on any atom is 0.411 e. The van der Waals surface area contributed by atoms with E-state index >= 15 is 0 Å². The number of rotatable bonds is 7. The van der Waals surface area contributed by atoms with Gasteiger partial charge in [-0.2, -0.15) is 13.2 Å². The summed E-state index contributed by atoms with van der Waals surface area (Å²) in [6, 6.07) is 15.9. The normalized spacial score (nSPS) is 22.7. The Morgan fingerprint density at radius 2 is 1.91 bits per heavy atom. The Hall–Kier alpha value is -3.07. The Balaban J connectivity index is 1.25. The SMILES string of the molecule is O=C(Nc1cccc(COCC(F)(F)F)c1)NC1CC(=O)N(C2CC2c2ccccc2)C1. The number of amides is 3. The molecule has 2 aliphatic rings. The number of hydrogen-bond acceptors (Lipinski definition) is 3. The Morgan fingerprint density at radius 1 is 1.12 bits per heavy atom. The van der Waals surface area contributed by atoms with Gasteiger partial charge >= 0.3 is 12.2 Å². The molecule has 0 radical (unpaired) electrons. The number of likely N-dealkylation sites (tertiary alicyclic amines) is 1. The van der Waals surface area contributed by atoms with Gasteiger partial charge in [0.1, 0.15) is 6.61 Å². The molecule has 6 nitrogen and oxygen atoms in total. The van der Waals surface area contributed by atoms with E-state index in [1.54, 1.807) is 24.3 Å². The molecule has 1 aliphatic heterocycles. The largest absolute Gasteiger partial charge is 0.411 e. The van der Waals surface area contributed by atoms with E-state index in [-0.39, 0.29) is 31.0 Å². The van der Waals surface area contributed by atoms with Crippen molar-refractivity contribution in [1.82, 2.24) is 10.2 Å². The molecule has 3 amide bonds. The van der Waals surface area contributed by atoms with Crippen LogP contribution in [-0.4, -0.2) is 48.2 Å². The van der Waals surface area contributed by atoms with Crippen LogP contribution in [0.5, 0.6) is 0 Å². The molecule has 1 saturated heterocycles. The van der Waals surface area contributed by atoms with Gasteiger partial charge in [0.05, 0.1) is 12.6 Å². The van der Waals surface area contributed by atoms with Gasteiger partial charge in [0.2, 0.25) is 5.91 Å². The van der Waals surface area contributed by atoms with Crippen molar-refractivity contribution >= 4 is 17.6 Å². The van der Waals surface area contributed by atoms with Crippen molar-refractivity contribution < 1.29 is 27.5 Å². The minimum absolute atomic E-state index is 0.0301. The molecule has 2 aromatic rings. The molecule has 170 valence electrons. The Morgan fingerprint density at radius 3 is 2.66 bits per heavy atom. The van der Waals surface area contributed by atoms with E-state index in [1.807, 2.05) is 23.1 Å². The van der Waals surface area contributed by atoms with Gasteiger partial charge in [-0.1, -0.05) is 42.5 Å². The molecule has 1 heterocycles. The summed E-state index contributed by atoms with van der Waals surface area (Å²) in [5.41, 5.74) is 2.16. The van der Waals surface area contributed by atoms with Crippen LogP contribution < -0.4 is 10.6 Å². The van der Waals surface area contributed by atoms with Gasteiger partial charge in [-0.25, -0.2) is 4.79 Å². The van der Waals surface area contributed by atoms with Gasteiger partial charge in [0.15, 0.2) is 0 Å². The van der Waals surface area contributed by atoms with Crippen LogP contribution >= 0.6 is 0 Å². The molecule has 4 rings (SSSR count). The molecule has 2 N–H and O–H groups in total. The fourth-order valence-electron chi connectivity index (χ4n) is 4.11. The highest BCUT2D eigenvalue weighted by Gasteiger charge is 2.48. The monoisotopic (exact) mass is 447 g/mol. The van der Waals surface area contributed by atoms with Crippen molar-refractivity contribution in [1.29, 1.82) is 0 Å². The van der Waals surface area contributed by atoms with Crippen LogP contribution in [0.1, 0.15) is 29.9 Å². The summed E-state index contributed by atoms with van der Waals surface area (Å²) in [6.45, 7) is -1.08. The molecule has 9 heteroatoms. The number of alkyl halides is 3. The maximum absolute atomic E-state index is 12.5. The highest BCUT2D eigenvalue weighted by Crippen LogP contribution is 2.45. The fraction of sp³-hybridized carbons (Fsp3) is 0.391. The summed E-state index contributed by atoms with van der Waals surface area (Å²) in [4.78, 5) is 26.7. The minimum atomic E-state index is -4.38. The first-order chi connectivity index (χ1) is 15.3. The van der Waals surface area contributed by atoms with Crippen molar-refractivity contribution in [2.24, 2.45) is 0 Å². The number of halogens is 3. The van der Waals surface area contributed by atoms with E-state index in [4.69, 9.17) is 0 Å². The second-order valence-corrected chi connectivity index (χ2v) is 8.17. The number of anilines is 1. The fourth-order valence-corrected chi connectivity index (χ4v) is 4.11. The van der Waals surface area contributed by atoms with E-state index in [0.717, 1.165) is 6.42 Å².